The zero-order chi connectivity index (χ0) is 28.1. The summed E-state index contributed by atoms with van der Waals surface area (Å²) in [6, 6.07) is 15.8. The lowest BCUT2D eigenvalue weighted by atomic mass is 9.99. The van der Waals surface area contributed by atoms with Crippen LogP contribution in [0, 0.1) is 6.92 Å². The average Bonchev–Trinajstić information content (AvgIpc) is 2.93. The number of hydrogen-bond acceptors (Lipinski definition) is 5. The number of aromatic nitrogens is 2. The number of nitrogens with two attached hydrogens (primary N) is 1. The lowest BCUT2D eigenvalue weighted by Crippen LogP contribution is -2.38. The lowest BCUT2D eigenvalue weighted by molar-refractivity contribution is 0.0827. The van der Waals surface area contributed by atoms with E-state index in [1.165, 1.54) is 31.4 Å². The molecule has 1 aromatic carbocycles. The number of piperidine rings is 1. The standard InChI is InChI=1S/C21H28N4.C9H11NO.C2H6/c1-15(14-25-11-5-4-6-16(25)2)12-20-17(3)23-10-9-19(20)21-8-7-18(22)13-24-21;1-10(2)9(11)8-6-4-3-5-7-8;1-2/h7-10,12-13,16H,4-6,11,14,22H2,1-3H3;3-7H,1-2H3;1-2H3/b15-12+;;. The summed E-state index contributed by atoms with van der Waals surface area (Å²) in [7, 11) is 3.49. The molecule has 1 aliphatic heterocycles. The van der Waals surface area contributed by atoms with Gasteiger partial charge < -0.3 is 10.6 Å². The van der Waals surface area contributed by atoms with Crippen LogP contribution < -0.4 is 5.73 Å². The van der Waals surface area contributed by atoms with E-state index in [0.29, 0.717) is 11.7 Å². The molecule has 1 atom stereocenters. The second-order valence-corrected chi connectivity index (χ2v) is 9.71. The van der Waals surface area contributed by atoms with Crippen LogP contribution in [0.5, 0.6) is 0 Å². The Balaban J connectivity index is 0.000000327. The Kier molecular flexibility index (Phi) is 12.7. The number of rotatable bonds is 5. The fourth-order valence-electron chi connectivity index (χ4n) is 4.39. The van der Waals surface area contributed by atoms with E-state index in [-0.39, 0.29) is 5.91 Å². The van der Waals surface area contributed by atoms with Crippen molar-refractivity contribution in [2.24, 2.45) is 0 Å². The van der Waals surface area contributed by atoms with E-state index in [4.69, 9.17) is 5.73 Å². The number of nitrogen functional groups attached to an aromatic ring is 1. The number of anilines is 1. The van der Waals surface area contributed by atoms with Gasteiger partial charge in [0, 0.05) is 55.3 Å². The average molecular weight is 516 g/mol. The normalized spacial score (nSPS) is 15.4. The molecule has 2 aromatic heterocycles. The number of nitrogens with zero attached hydrogens (tertiary/aromatic N) is 4. The van der Waals surface area contributed by atoms with Gasteiger partial charge in [-0.05, 0) is 70.5 Å². The topological polar surface area (TPSA) is 75.3 Å². The first-order valence-corrected chi connectivity index (χ1v) is 13.6. The van der Waals surface area contributed by atoms with Crippen LogP contribution in [0.1, 0.15) is 68.6 Å². The molecule has 1 amide bonds. The fraction of sp³-hybridized carbons (Fsp3) is 0.406. The molecular weight excluding hydrogens is 470 g/mol. The fourth-order valence-corrected chi connectivity index (χ4v) is 4.39. The number of carbonyl (C=O) groups is 1. The Hall–Kier alpha value is -3.51. The van der Waals surface area contributed by atoms with E-state index >= 15 is 0 Å². The molecule has 1 aliphatic rings. The summed E-state index contributed by atoms with van der Waals surface area (Å²) >= 11 is 0. The first-order chi connectivity index (χ1) is 18.3. The molecule has 6 nitrogen and oxygen atoms in total. The monoisotopic (exact) mass is 515 g/mol. The molecule has 3 heterocycles. The predicted octanol–water partition coefficient (Wildman–Crippen LogP) is 6.73. The van der Waals surface area contributed by atoms with Crippen LogP contribution in [0.15, 0.2) is 66.5 Å². The summed E-state index contributed by atoms with van der Waals surface area (Å²) in [5.41, 5.74) is 12.8. The Morgan fingerprint density at radius 1 is 1.08 bits per heavy atom. The molecule has 1 unspecified atom stereocenters. The highest BCUT2D eigenvalue weighted by molar-refractivity contribution is 5.93. The molecule has 0 aliphatic carbocycles. The molecule has 0 spiro atoms. The molecular formula is C32H45N5O. The largest absolute Gasteiger partial charge is 0.397 e. The molecule has 3 aromatic rings. The quantitative estimate of drug-likeness (QED) is 0.408. The van der Waals surface area contributed by atoms with Crippen LogP contribution in [0.2, 0.25) is 0 Å². The molecule has 204 valence electrons. The van der Waals surface area contributed by atoms with Gasteiger partial charge in [-0.25, -0.2) is 0 Å². The van der Waals surface area contributed by atoms with Crippen molar-refractivity contribution >= 4 is 17.7 Å². The van der Waals surface area contributed by atoms with Crippen LogP contribution in [0.4, 0.5) is 5.69 Å². The zero-order valence-corrected chi connectivity index (χ0v) is 24.2. The van der Waals surface area contributed by atoms with Crippen molar-refractivity contribution in [1.82, 2.24) is 19.8 Å². The van der Waals surface area contributed by atoms with E-state index in [0.717, 1.165) is 34.6 Å². The van der Waals surface area contributed by atoms with Gasteiger partial charge in [-0.3, -0.25) is 19.7 Å². The number of aryl methyl sites for hydroxylation is 1. The second kappa shape index (κ2) is 15.7. The molecule has 0 bridgehead atoms. The molecule has 38 heavy (non-hydrogen) atoms. The number of likely N-dealkylation sites (tertiary alicyclic amines) is 1. The number of carbonyl (C=O) groups excluding carboxylic acids is 1. The highest BCUT2D eigenvalue weighted by Gasteiger charge is 2.18. The van der Waals surface area contributed by atoms with Crippen molar-refractivity contribution in [1.29, 1.82) is 0 Å². The molecule has 0 saturated carbocycles. The van der Waals surface area contributed by atoms with Crippen LogP contribution in [0.25, 0.3) is 17.3 Å². The Morgan fingerprint density at radius 3 is 2.39 bits per heavy atom. The molecule has 6 heteroatoms. The van der Waals surface area contributed by atoms with Crippen molar-refractivity contribution in [3.05, 3.63) is 83.3 Å². The summed E-state index contributed by atoms with van der Waals surface area (Å²) in [5.74, 6) is 0.0469. The number of benzene rings is 1. The van der Waals surface area contributed by atoms with E-state index < -0.39 is 0 Å². The highest BCUT2D eigenvalue weighted by atomic mass is 16.2. The van der Waals surface area contributed by atoms with E-state index in [2.05, 4.69) is 41.7 Å². The van der Waals surface area contributed by atoms with Gasteiger partial charge >= 0.3 is 0 Å². The predicted molar refractivity (Wildman–Crippen MR) is 161 cm³/mol. The van der Waals surface area contributed by atoms with Gasteiger partial charge in [0.2, 0.25) is 0 Å². The summed E-state index contributed by atoms with van der Waals surface area (Å²) in [5, 5.41) is 0. The summed E-state index contributed by atoms with van der Waals surface area (Å²) < 4.78 is 0. The summed E-state index contributed by atoms with van der Waals surface area (Å²) in [6.45, 7) is 12.8. The Bertz CT molecular complexity index is 1160. The van der Waals surface area contributed by atoms with Crippen molar-refractivity contribution in [2.75, 3.05) is 32.9 Å². The molecule has 1 fully saturated rings. The second-order valence-electron chi connectivity index (χ2n) is 9.71. The van der Waals surface area contributed by atoms with Crippen molar-refractivity contribution in [3.8, 4) is 11.3 Å². The maximum atomic E-state index is 11.3. The molecule has 0 radical (unpaired) electrons. The van der Waals surface area contributed by atoms with Gasteiger partial charge in [-0.15, -0.1) is 0 Å². The van der Waals surface area contributed by atoms with Crippen LogP contribution in [-0.4, -0.2) is 58.9 Å². The van der Waals surface area contributed by atoms with E-state index in [1.807, 2.05) is 68.6 Å². The maximum absolute atomic E-state index is 11.3. The highest BCUT2D eigenvalue weighted by Crippen LogP contribution is 2.27. The molecule has 1 saturated heterocycles. The van der Waals surface area contributed by atoms with Gasteiger partial charge in [0.25, 0.3) is 5.91 Å². The van der Waals surface area contributed by atoms with Gasteiger partial charge in [0.05, 0.1) is 17.6 Å². The third-order valence-corrected chi connectivity index (χ3v) is 6.46. The third-order valence-electron chi connectivity index (χ3n) is 6.46. The van der Waals surface area contributed by atoms with Crippen molar-refractivity contribution < 1.29 is 4.79 Å². The Labute approximate surface area is 229 Å². The van der Waals surface area contributed by atoms with Crippen LogP contribution in [0.3, 0.4) is 0 Å². The van der Waals surface area contributed by atoms with Crippen LogP contribution >= 0.6 is 0 Å². The number of amides is 1. The molecule has 4 rings (SSSR count). The van der Waals surface area contributed by atoms with E-state index in [1.54, 1.807) is 25.2 Å². The van der Waals surface area contributed by atoms with Crippen molar-refractivity contribution in [3.63, 3.8) is 0 Å². The van der Waals surface area contributed by atoms with Crippen LogP contribution in [-0.2, 0) is 0 Å². The first-order valence-electron chi connectivity index (χ1n) is 13.6. The minimum absolute atomic E-state index is 0.0469. The van der Waals surface area contributed by atoms with Gasteiger partial charge in [0.15, 0.2) is 0 Å². The number of pyridine rings is 2. The minimum atomic E-state index is 0.0469. The van der Waals surface area contributed by atoms with Crippen molar-refractivity contribution in [2.45, 2.75) is 59.9 Å². The lowest BCUT2D eigenvalue weighted by Gasteiger charge is -2.33. The van der Waals surface area contributed by atoms with Gasteiger partial charge in [-0.1, -0.05) is 50.1 Å². The summed E-state index contributed by atoms with van der Waals surface area (Å²) in [6.07, 6.45) is 9.80. The maximum Gasteiger partial charge on any atom is 0.253 e. The Morgan fingerprint density at radius 2 is 1.79 bits per heavy atom. The van der Waals surface area contributed by atoms with Gasteiger partial charge in [0.1, 0.15) is 0 Å². The number of hydrogen-bond donors (Lipinski definition) is 1. The SMILES string of the molecule is C/C(=C\c1c(-c2ccc(N)cn2)ccnc1C)CN1CCCCC1C.CC.CN(C)C(=O)c1ccccc1. The smallest absolute Gasteiger partial charge is 0.253 e. The first kappa shape index (κ1) is 30.7. The van der Waals surface area contributed by atoms with E-state index in [9.17, 15) is 4.79 Å². The third kappa shape index (κ3) is 9.10. The minimum Gasteiger partial charge on any atom is -0.397 e. The molecule has 2 N–H and O–H groups in total. The van der Waals surface area contributed by atoms with Gasteiger partial charge in [-0.2, -0.15) is 0 Å². The summed E-state index contributed by atoms with van der Waals surface area (Å²) in [4.78, 5) is 24.4. The zero-order valence-electron chi connectivity index (χ0n) is 24.2.